The second-order valence-corrected chi connectivity index (χ2v) is 8.13. The molecule has 0 spiro atoms. The van der Waals surface area contributed by atoms with Crippen LogP contribution in [-0.2, 0) is 12.5 Å². The van der Waals surface area contributed by atoms with Crippen LogP contribution in [0.3, 0.4) is 0 Å². The monoisotopic (exact) mass is 381 g/mol. The number of alkyl halides is 1. The van der Waals surface area contributed by atoms with Crippen molar-refractivity contribution in [1.29, 1.82) is 0 Å². The summed E-state index contributed by atoms with van der Waals surface area (Å²) < 4.78 is 14.1. The van der Waals surface area contributed by atoms with E-state index in [0.29, 0.717) is 7.18 Å². The summed E-state index contributed by atoms with van der Waals surface area (Å²) in [5, 5.41) is 0. The van der Waals surface area contributed by atoms with Crippen molar-refractivity contribution in [1.82, 2.24) is 4.57 Å². The molecule has 1 aromatic heterocycles. The quantitative estimate of drug-likeness (QED) is 0.478. The van der Waals surface area contributed by atoms with Crippen LogP contribution in [0.15, 0.2) is 48.8 Å². The van der Waals surface area contributed by atoms with Gasteiger partial charge in [-0.05, 0) is 55.4 Å². The maximum atomic E-state index is 9.50. The van der Waals surface area contributed by atoms with E-state index in [9.17, 15) is 4.39 Å². The number of hydrogen-bond acceptors (Lipinski definition) is 0. The molecule has 0 aliphatic carbocycles. The second kappa shape index (κ2) is 8.72. The molecule has 0 aliphatic rings. The van der Waals surface area contributed by atoms with Gasteiger partial charge in [-0.2, -0.15) is 4.57 Å². The van der Waals surface area contributed by atoms with Gasteiger partial charge < -0.3 is 0 Å². The van der Waals surface area contributed by atoms with Gasteiger partial charge in [-0.1, -0.05) is 56.7 Å². The third-order valence-corrected chi connectivity index (χ3v) is 5.66. The highest BCUT2D eigenvalue weighted by Crippen LogP contribution is 2.35. The highest BCUT2D eigenvalue weighted by molar-refractivity contribution is 5.64. The van der Waals surface area contributed by atoms with Gasteiger partial charge in [-0.25, -0.2) is 4.57 Å². The van der Waals surface area contributed by atoms with Crippen LogP contribution < -0.4 is 4.57 Å². The standard InChI is InChI=1S/C24H31N2.CH3F/c1-8-24(5,6)21-12-10-9-11-20(21)23-25(7)13-14-26(23)22-18(3)15-17(2)16-19(22)4;1-2/h9-16H,8H2,1-7H3;1H3/q+1;. The maximum absolute atomic E-state index is 9.50. The molecule has 0 atom stereocenters. The van der Waals surface area contributed by atoms with Crippen molar-refractivity contribution < 1.29 is 8.96 Å². The number of hydrogen-bond donors (Lipinski definition) is 0. The van der Waals surface area contributed by atoms with Gasteiger partial charge in [0, 0.05) is 0 Å². The average Bonchev–Trinajstić information content (AvgIpc) is 3.03. The zero-order valence-corrected chi connectivity index (χ0v) is 18.6. The summed E-state index contributed by atoms with van der Waals surface area (Å²) in [5.41, 5.74) is 8.08. The van der Waals surface area contributed by atoms with Crippen molar-refractivity contribution in [3.8, 4) is 17.1 Å². The number of rotatable bonds is 4. The van der Waals surface area contributed by atoms with E-state index < -0.39 is 0 Å². The summed E-state index contributed by atoms with van der Waals surface area (Å²) >= 11 is 0. The first-order chi connectivity index (χ1) is 13.3. The van der Waals surface area contributed by atoms with Crippen LogP contribution in [0.4, 0.5) is 4.39 Å². The number of benzene rings is 2. The zero-order chi connectivity index (χ0) is 21.1. The molecule has 0 saturated carbocycles. The Morgan fingerprint density at radius 3 is 2.14 bits per heavy atom. The molecular formula is C25H34FN2+. The number of aromatic nitrogens is 2. The second-order valence-electron chi connectivity index (χ2n) is 8.13. The highest BCUT2D eigenvalue weighted by Gasteiger charge is 2.29. The maximum Gasteiger partial charge on any atom is 0.294 e. The van der Waals surface area contributed by atoms with Crippen LogP contribution in [0.1, 0.15) is 49.4 Å². The molecule has 150 valence electrons. The Morgan fingerprint density at radius 2 is 1.57 bits per heavy atom. The fraction of sp³-hybridized carbons (Fsp3) is 0.400. The van der Waals surface area contributed by atoms with Crippen LogP contribution in [0.5, 0.6) is 0 Å². The van der Waals surface area contributed by atoms with E-state index >= 15 is 0 Å². The van der Waals surface area contributed by atoms with Crippen molar-refractivity contribution in [2.45, 2.75) is 53.4 Å². The first-order valence-corrected chi connectivity index (χ1v) is 9.89. The fourth-order valence-electron chi connectivity index (χ4n) is 3.99. The van der Waals surface area contributed by atoms with Gasteiger partial charge in [0.2, 0.25) is 0 Å². The third kappa shape index (κ3) is 4.04. The molecule has 0 amide bonds. The van der Waals surface area contributed by atoms with Crippen molar-refractivity contribution in [3.05, 3.63) is 71.0 Å². The van der Waals surface area contributed by atoms with Crippen LogP contribution in [0.25, 0.3) is 17.1 Å². The van der Waals surface area contributed by atoms with E-state index in [-0.39, 0.29) is 5.41 Å². The molecule has 0 N–H and O–H groups in total. The topological polar surface area (TPSA) is 8.81 Å². The van der Waals surface area contributed by atoms with Crippen LogP contribution in [0, 0.1) is 20.8 Å². The predicted molar refractivity (Wildman–Crippen MR) is 117 cm³/mol. The summed E-state index contributed by atoms with van der Waals surface area (Å²) in [6, 6.07) is 13.4. The minimum Gasteiger partial charge on any atom is -0.255 e. The van der Waals surface area contributed by atoms with Gasteiger partial charge in [-0.3, -0.25) is 4.39 Å². The van der Waals surface area contributed by atoms with E-state index in [2.05, 4.69) is 107 Å². The van der Waals surface area contributed by atoms with Gasteiger partial charge in [0.15, 0.2) is 0 Å². The van der Waals surface area contributed by atoms with Crippen LogP contribution in [-0.4, -0.2) is 11.7 Å². The van der Waals surface area contributed by atoms with Crippen LogP contribution in [0.2, 0.25) is 0 Å². The Kier molecular flexibility index (Phi) is 6.82. The Hall–Kier alpha value is -2.42. The van der Waals surface area contributed by atoms with Gasteiger partial charge >= 0.3 is 0 Å². The van der Waals surface area contributed by atoms with Crippen molar-refractivity contribution in [3.63, 3.8) is 0 Å². The van der Waals surface area contributed by atoms with E-state index in [1.165, 1.54) is 39.3 Å². The highest BCUT2D eigenvalue weighted by atomic mass is 19.1. The predicted octanol–water partition coefficient (Wildman–Crippen LogP) is 6.17. The van der Waals surface area contributed by atoms with E-state index in [0.717, 1.165) is 6.42 Å². The van der Waals surface area contributed by atoms with Crippen molar-refractivity contribution in [2.75, 3.05) is 7.18 Å². The normalized spacial score (nSPS) is 11.2. The van der Waals surface area contributed by atoms with E-state index in [1.807, 2.05) is 0 Å². The molecule has 0 fully saturated rings. The van der Waals surface area contributed by atoms with Gasteiger partial charge in [0.05, 0.1) is 19.8 Å². The molecule has 2 aromatic carbocycles. The first-order valence-electron chi connectivity index (χ1n) is 9.89. The number of imidazole rings is 1. The lowest BCUT2D eigenvalue weighted by Crippen LogP contribution is -2.30. The summed E-state index contributed by atoms with van der Waals surface area (Å²) in [5.74, 6) is 1.23. The third-order valence-electron chi connectivity index (χ3n) is 5.66. The smallest absolute Gasteiger partial charge is 0.255 e. The summed E-state index contributed by atoms with van der Waals surface area (Å²) in [6.45, 7) is 13.5. The fourth-order valence-corrected chi connectivity index (χ4v) is 3.99. The molecule has 1 heterocycles. The molecule has 0 saturated heterocycles. The van der Waals surface area contributed by atoms with Gasteiger partial charge in [0.25, 0.3) is 5.82 Å². The van der Waals surface area contributed by atoms with E-state index in [1.54, 1.807) is 0 Å². The Labute approximate surface area is 169 Å². The summed E-state index contributed by atoms with van der Waals surface area (Å²) in [6.07, 6.45) is 5.45. The lowest BCUT2D eigenvalue weighted by molar-refractivity contribution is -0.659. The van der Waals surface area contributed by atoms with Gasteiger partial charge in [-0.15, -0.1) is 0 Å². The number of aryl methyl sites for hydroxylation is 4. The number of halogens is 1. The van der Waals surface area contributed by atoms with Crippen molar-refractivity contribution >= 4 is 0 Å². The summed E-state index contributed by atoms with van der Waals surface area (Å²) in [7, 11) is 2.64. The molecule has 0 aliphatic heterocycles. The lowest BCUT2D eigenvalue weighted by Gasteiger charge is -2.25. The minimum atomic E-state index is 0.135. The molecule has 0 unspecified atom stereocenters. The molecular weight excluding hydrogens is 347 g/mol. The lowest BCUT2D eigenvalue weighted by atomic mass is 9.79. The first kappa shape index (κ1) is 21.9. The van der Waals surface area contributed by atoms with Gasteiger partial charge in [0.1, 0.15) is 18.1 Å². The molecule has 3 rings (SSSR count). The Balaban J connectivity index is 0.00000136. The SMILES string of the molecule is CCC(C)(C)c1ccccc1-c1n(-c2c(C)cc(C)cc2C)cc[n+]1C.CF. The Bertz CT molecular complexity index is 928. The molecule has 28 heavy (non-hydrogen) atoms. The molecule has 3 aromatic rings. The summed E-state index contributed by atoms with van der Waals surface area (Å²) in [4.78, 5) is 0. The molecule has 2 nitrogen and oxygen atoms in total. The van der Waals surface area contributed by atoms with Crippen molar-refractivity contribution in [2.24, 2.45) is 7.05 Å². The largest absolute Gasteiger partial charge is 0.294 e. The Morgan fingerprint density at radius 1 is 1.00 bits per heavy atom. The number of nitrogens with zero attached hydrogens (tertiary/aromatic N) is 2. The zero-order valence-electron chi connectivity index (χ0n) is 18.6. The molecule has 3 heteroatoms. The molecule has 0 bridgehead atoms. The average molecular weight is 382 g/mol. The minimum absolute atomic E-state index is 0.135. The van der Waals surface area contributed by atoms with E-state index in [4.69, 9.17) is 0 Å². The van der Waals surface area contributed by atoms with Crippen LogP contribution >= 0.6 is 0 Å². The molecule has 0 radical (unpaired) electrons.